The van der Waals surface area contributed by atoms with Gasteiger partial charge in [-0.2, -0.15) is 0 Å². The topological polar surface area (TPSA) is 59.6 Å². The Balaban J connectivity index is 1.54. The summed E-state index contributed by atoms with van der Waals surface area (Å²) in [4.78, 5) is 12.4. The molecule has 130 valence electrons. The van der Waals surface area contributed by atoms with Gasteiger partial charge in [0.25, 0.3) is 0 Å². The van der Waals surface area contributed by atoms with E-state index in [0.717, 1.165) is 12.8 Å². The molecular weight excluding hydrogens is 316 g/mol. The van der Waals surface area contributed by atoms with Crippen molar-refractivity contribution in [2.45, 2.75) is 37.1 Å². The number of nitrogens with one attached hydrogen (secondary N) is 2. The zero-order valence-electron chi connectivity index (χ0n) is 13.9. The summed E-state index contributed by atoms with van der Waals surface area (Å²) in [7, 11) is 0. The standard InChI is InChI=1S/C20H22N2O3/c23-20-21-16(11-14-7-3-1-4-8-14)18-19(25-13-24-18)17(22-20)12-15-9-5-2-6-10-15/h1-10,16-19H,11-13H2,(H2,21,22,23)/t16-,17-,18+,19+/m1/s1. The van der Waals surface area contributed by atoms with Crippen LogP contribution in [-0.2, 0) is 22.3 Å². The van der Waals surface area contributed by atoms with Crippen LogP contribution in [0.5, 0.6) is 0 Å². The van der Waals surface area contributed by atoms with Gasteiger partial charge in [0.05, 0.1) is 12.1 Å². The molecule has 2 N–H and O–H groups in total. The Kier molecular flexibility index (Phi) is 4.68. The lowest BCUT2D eigenvalue weighted by Crippen LogP contribution is -2.47. The van der Waals surface area contributed by atoms with Crippen LogP contribution in [0.15, 0.2) is 60.7 Å². The molecule has 0 aliphatic carbocycles. The van der Waals surface area contributed by atoms with Crippen LogP contribution in [0.3, 0.4) is 0 Å². The highest BCUT2D eigenvalue weighted by atomic mass is 16.7. The quantitative estimate of drug-likeness (QED) is 0.899. The molecule has 2 amide bonds. The molecule has 0 saturated carbocycles. The molecule has 2 aliphatic heterocycles. The van der Waals surface area contributed by atoms with Gasteiger partial charge in [0.2, 0.25) is 0 Å². The van der Waals surface area contributed by atoms with Gasteiger partial charge in [-0.3, -0.25) is 0 Å². The predicted octanol–water partition coefficient (Wildman–Crippen LogP) is 2.26. The number of carbonyl (C=O) groups excluding carboxylic acids is 1. The Morgan fingerprint density at radius 2 is 1.20 bits per heavy atom. The Morgan fingerprint density at radius 3 is 1.64 bits per heavy atom. The van der Waals surface area contributed by atoms with Crippen molar-refractivity contribution in [2.75, 3.05) is 6.79 Å². The summed E-state index contributed by atoms with van der Waals surface area (Å²) < 4.78 is 11.7. The van der Waals surface area contributed by atoms with Gasteiger partial charge >= 0.3 is 6.03 Å². The van der Waals surface area contributed by atoms with Gasteiger partial charge in [-0.25, -0.2) is 4.79 Å². The summed E-state index contributed by atoms with van der Waals surface area (Å²) in [5.41, 5.74) is 2.34. The van der Waals surface area contributed by atoms with Crippen molar-refractivity contribution in [1.29, 1.82) is 0 Å². The molecule has 25 heavy (non-hydrogen) atoms. The van der Waals surface area contributed by atoms with Crippen molar-refractivity contribution in [3.63, 3.8) is 0 Å². The van der Waals surface area contributed by atoms with Crippen LogP contribution in [0, 0.1) is 0 Å². The maximum atomic E-state index is 12.4. The van der Waals surface area contributed by atoms with Crippen LogP contribution in [0.25, 0.3) is 0 Å². The lowest BCUT2D eigenvalue weighted by atomic mass is 9.92. The van der Waals surface area contributed by atoms with Crippen LogP contribution >= 0.6 is 0 Å². The second kappa shape index (κ2) is 7.25. The highest BCUT2D eigenvalue weighted by molar-refractivity contribution is 5.75. The second-order valence-electron chi connectivity index (χ2n) is 6.59. The van der Waals surface area contributed by atoms with E-state index in [0.29, 0.717) is 0 Å². The fraction of sp³-hybridized carbons (Fsp3) is 0.350. The average molecular weight is 338 g/mol. The minimum absolute atomic E-state index is 0.115. The van der Waals surface area contributed by atoms with Gasteiger partial charge in [-0.15, -0.1) is 0 Å². The Hall–Kier alpha value is -2.37. The summed E-state index contributed by atoms with van der Waals surface area (Å²) in [6.45, 7) is 0.267. The number of fused-ring (bicyclic) bond motifs is 1. The number of urea groups is 1. The largest absolute Gasteiger partial charge is 0.347 e. The predicted molar refractivity (Wildman–Crippen MR) is 94.1 cm³/mol. The van der Waals surface area contributed by atoms with Gasteiger partial charge in [0.15, 0.2) is 0 Å². The minimum Gasteiger partial charge on any atom is -0.347 e. The number of hydrogen-bond donors (Lipinski definition) is 2. The van der Waals surface area contributed by atoms with Crippen LogP contribution in [-0.4, -0.2) is 37.1 Å². The summed E-state index contributed by atoms with van der Waals surface area (Å²) in [5.74, 6) is 0. The Bertz CT molecular complexity index is 648. The summed E-state index contributed by atoms with van der Waals surface area (Å²) >= 11 is 0. The van der Waals surface area contributed by atoms with E-state index in [1.807, 2.05) is 36.4 Å². The van der Waals surface area contributed by atoms with E-state index in [4.69, 9.17) is 9.47 Å². The maximum Gasteiger partial charge on any atom is 0.315 e. The van der Waals surface area contributed by atoms with Crippen molar-refractivity contribution in [1.82, 2.24) is 10.6 Å². The molecule has 4 atom stereocenters. The fourth-order valence-electron chi connectivity index (χ4n) is 3.69. The van der Waals surface area contributed by atoms with E-state index in [1.165, 1.54) is 11.1 Å². The van der Waals surface area contributed by atoms with Crippen LogP contribution in [0.1, 0.15) is 11.1 Å². The van der Waals surface area contributed by atoms with Crippen LogP contribution < -0.4 is 10.6 Å². The number of rotatable bonds is 4. The molecule has 0 spiro atoms. The van der Waals surface area contributed by atoms with Gasteiger partial charge in [-0.1, -0.05) is 60.7 Å². The lowest BCUT2D eigenvalue weighted by Gasteiger charge is -2.26. The number of hydrogen-bond acceptors (Lipinski definition) is 3. The third kappa shape index (κ3) is 3.67. The molecule has 4 rings (SSSR count). The minimum atomic E-state index is -0.163. The molecule has 0 radical (unpaired) electrons. The van der Waals surface area contributed by atoms with Gasteiger partial charge < -0.3 is 20.1 Å². The van der Waals surface area contributed by atoms with Crippen molar-refractivity contribution in [2.24, 2.45) is 0 Å². The van der Waals surface area contributed by atoms with Crippen molar-refractivity contribution < 1.29 is 14.3 Å². The molecule has 5 nitrogen and oxygen atoms in total. The third-order valence-corrected chi connectivity index (χ3v) is 4.87. The fourth-order valence-corrected chi connectivity index (χ4v) is 3.69. The highest BCUT2D eigenvalue weighted by Gasteiger charge is 2.44. The van der Waals surface area contributed by atoms with E-state index >= 15 is 0 Å². The zero-order chi connectivity index (χ0) is 17.1. The van der Waals surface area contributed by atoms with E-state index in [9.17, 15) is 4.79 Å². The number of amides is 2. The van der Waals surface area contributed by atoms with Crippen LogP contribution in [0.2, 0.25) is 0 Å². The number of carbonyl (C=O) groups is 1. The third-order valence-electron chi connectivity index (χ3n) is 4.87. The van der Waals surface area contributed by atoms with Gasteiger partial charge in [-0.05, 0) is 24.0 Å². The van der Waals surface area contributed by atoms with E-state index in [1.54, 1.807) is 0 Å². The lowest BCUT2D eigenvalue weighted by molar-refractivity contribution is 0.0275. The first-order valence-electron chi connectivity index (χ1n) is 8.68. The highest BCUT2D eigenvalue weighted by Crippen LogP contribution is 2.25. The first-order valence-corrected chi connectivity index (χ1v) is 8.68. The number of benzene rings is 2. The normalized spacial score (nSPS) is 28.6. The van der Waals surface area contributed by atoms with Crippen molar-refractivity contribution >= 4 is 6.03 Å². The van der Waals surface area contributed by atoms with E-state index < -0.39 is 0 Å². The Morgan fingerprint density at radius 1 is 0.760 bits per heavy atom. The van der Waals surface area contributed by atoms with Gasteiger partial charge in [0, 0.05) is 0 Å². The first kappa shape index (κ1) is 16.1. The maximum absolute atomic E-state index is 12.4. The second-order valence-corrected chi connectivity index (χ2v) is 6.59. The SMILES string of the molecule is O=C1N[C@H](Cc2ccccc2)[C@@H]2OCO[C@H]2[C@@H](Cc2ccccc2)N1. The van der Waals surface area contributed by atoms with Gasteiger partial charge in [0.1, 0.15) is 19.0 Å². The monoisotopic (exact) mass is 338 g/mol. The van der Waals surface area contributed by atoms with Crippen molar-refractivity contribution in [3.05, 3.63) is 71.8 Å². The molecule has 2 saturated heterocycles. The summed E-state index contributed by atoms with van der Waals surface area (Å²) in [6.07, 6.45) is 1.12. The molecular formula is C20H22N2O3. The molecule has 2 aromatic rings. The summed E-state index contributed by atoms with van der Waals surface area (Å²) in [5, 5.41) is 6.12. The average Bonchev–Trinajstić information content (AvgIpc) is 3.08. The molecule has 2 aliphatic rings. The first-order chi connectivity index (χ1) is 12.3. The zero-order valence-corrected chi connectivity index (χ0v) is 13.9. The van der Waals surface area contributed by atoms with E-state index in [2.05, 4.69) is 34.9 Å². The molecule has 2 fully saturated rings. The number of ether oxygens (including phenoxy) is 2. The molecule has 5 heteroatoms. The molecule has 0 bridgehead atoms. The molecule has 0 unspecified atom stereocenters. The van der Waals surface area contributed by atoms with Crippen molar-refractivity contribution in [3.8, 4) is 0 Å². The molecule has 2 aromatic carbocycles. The molecule has 0 aromatic heterocycles. The molecule has 2 heterocycles. The summed E-state index contributed by atoms with van der Waals surface area (Å²) in [6, 6.07) is 19.9. The van der Waals surface area contributed by atoms with E-state index in [-0.39, 0.29) is 37.1 Å². The van der Waals surface area contributed by atoms with Crippen LogP contribution in [0.4, 0.5) is 4.79 Å². The Labute approximate surface area is 147 Å². The smallest absolute Gasteiger partial charge is 0.315 e.